The maximum Gasteiger partial charge on any atom is 0.293 e. The van der Waals surface area contributed by atoms with Crippen molar-refractivity contribution in [1.29, 1.82) is 0 Å². The molecule has 1 fully saturated rings. The van der Waals surface area contributed by atoms with Gasteiger partial charge in [-0.05, 0) is 64.0 Å². The van der Waals surface area contributed by atoms with Crippen LogP contribution >= 0.6 is 11.6 Å². The van der Waals surface area contributed by atoms with E-state index in [1.165, 1.54) is 5.39 Å². The average Bonchev–Trinajstić information content (AvgIpc) is 3.40. The van der Waals surface area contributed by atoms with Crippen LogP contribution in [-0.4, -0.2) is 30.4 Å². The van der Waals surface area contributed by atoms with Crippen LogP contribution in [0.5, 0.6) is 0 Å². The zero-order valence-electron chi connectivity index (χ0n) is 19.0. The lowest BCUT2D eigenvalue weighted by Crippen LogP contribution is -2.20. The molecule has 6 nitrogen and oxygen atoms in total. The molecule has 0 saturated heterocycles. The molecule has 0 atom stereocenters. The van der Waals surface area contributed by atoms with Gasteiger partial charge in [-0.25, -0.2) is 13.6 Å². The average molecular weight is 489 g/mol. The minimum absolute atomic E-state index is 0.192. The highest BCUT2D eigenvalue weighted by Gasteiger charge is 2.37. The SMILES string of the molecule is CC(C)(C)OC=O.NS(=O)(=O)c1c(-c2c3c4ccccc4n2-3)cccc1C1CCC(Cl)CC1. The van der Waals surface area contributed by atoms with E-state index in [0.717, 1.165) is 53.7 Å². The van der Waals surface area contributed by atoms with Crippen LogP contribution in [0.3, 0.4) is 0 Å². The van der Waals surface area contributed by atoms with Gasteiger partial charge in [0.25, 0.3) is 6.47 Å². The summed E-state index contributed by atoms with van der Waals surface area (Å²) in [7, 11) is -3.83. The molecule has 33 heavy (non-hydrogen) atoms. The Morgan fingerprint density at radius 2 is 1.73 bits per heavy atom. The van der Waals surface area contributed by atoms with Gasteiger partial charge in [-0.3, -0.25) is 4.79 Å². The van der Waals surface area contributed by atoms with Crippen molar-refractivity contribution in [3.8, 4) is 16.9 Å². The topological polar surface area (TPSA) is 91.4 Å². The Morgan fingerprint density at radius 1 is 1.06 bits per heavy atom. The van der Waals surface area contributed by atoms with Crippen molar-refractivity contribution in [2.24, 2.45) is 5.14 Å². The Bertz CT molecular complexity index is 1260. The van der Waals surface area contributed by atoms with Gasteiger partial charge in [-0.2, -0.15) is 0 Å². The summed E-state index contributed by atoms with van der Waals surface area (Å²) in [5, 5.41) is 7.05. The number of para-hydroxylation sites is 1. The Balaban J connectivity index is 0.000000325. The summed E-state index contributed by atoms with van der Waals surface area (Å²) in [5.41, 5.74) is 4.48. The van der Waals surface area contributed by atoms with E-state index in [1.807, 2.05) is 57.2 Å². The number of halogens is 1. The molecule has 0 bridgehead atoms. The smallest absolute Gasteiger partial charge is 0.293 e. The second-order valence-corrected chi connectivity index (χ2v) is 11.7. The second-order valence-electron chi connectivity index (χ2n) is 9.59. The Hall–Kier alpha value is -2.35. The van der Waals surface area contributed by atoms with Crippen molar-refractivity contribution in [2.45, 2.75) is 68.2 Å². The summed E-state index contributed by atoms with van der Waals surface area (Å²) in [4.78, 5) is 9.89. The van der Waals surface area contributed by atoms with Gasteiger partial charge in [-0.1, -0.05) is 36.4 Å². The number of nitrogens with zero attached hydrogens (tertiary/aromatic N) is 1. The Morgan fingerprint density at radius 3 is 2.27 bits per heavy atom. The van der Waals surface area contributed by atoms with E-state index in [9.17, 15) is 13.2 Å². The zero-order valence-corrected chi connectivity index (χ0v) is 20.6. The number of alkyl halides is 1. The van der Waals surface area contributed by atoms with Crippen molar-refractivity contribution in [2.75, 3.05) is 0 Å². The third-order valence-electron chi connectivity index (χ3n) is 6.10. The molecule has 2 heterocycles. The highest BCUT2D eigenvalue weighted by Crippen LogP contribution is 2.53. The maximum absolute atomic E-state index is 12.5. The predicted octanol–water partition coefficient (Wildman–Crippen LogP) is 5.48. The second kappa shape index (κ2) is 8.78. The first-order chi connectivity index (χ1) is 15.5. The summed E-state index contributed by atoms with van der Waals surface area (Å²) in [5.74, 6) is 0.192. The van der Waals surface area contributed by atoms with Gasteiger partial charge < -0.3 is 9.30 Å². The Labute approximate surface area is 199 Å². The fraction of sp³-hybridized carbons (Fsp3) is 0.400. The molecule has 3 aliphatic rings. The van der Waals surface area contributed by atoms with Crippen LogP contribution in [0, 0.1) is 0 Å². The van der Waals surface area contributed by atoms with Crippen molar-refractivity contribution < 1.29 is 17.9 Å². The number of carbonyl (C=O) groups is 1. The summed E-state index contributed by atoms with van der Waals surface area (Å²) in [6, 6.07) is 13.8. The maximum atomic E-state index is 12.5. The minimum atomic E-state index is -3.83. The Kier molecular flexibility index (Phi) is 6.33. The number of carbonyl (C=O) groups excluding carboxylic acids is 1. The fourth-order valence-corrected chi connectivity index (χ4v) is 5.89. The number of ether oxygens (including phenoxy) is 1. The molecule has 1 aliphatic carbocycles. The number of rotatable bonds is 4. The predicted molar refractivity (Wildman–Crippen MR) is 131 cm³/mol. The van der Waals surface area contributed by atoms with Crippen LogP contribution in [0.1, 0.15) is 57.9 Å². The molecule has 176 valence electrons. The normalized spacial score (nSPS) is 19.5. The first kappa shape index (κ1) is 23.8. The van der Waals surface area contributed by atoms with Crippen LogP contribution in [0.4, 0.5) is 0 Å². The highest BCUT2D eigenvalue weighted by molar-refractivity contribution is 7.89. The monoisotopic (exact) mass is 488 g/mol. The fourth-order valence-electron chi connectivity index (χ4n) is 4.61. The molecular weight excluding hydrogens is 460 g/mol. The third kappa shape index (κ3) is 4.81. The minimum Gasteiger partial charge on any atom is -0.462 e. The van der Waals surface area contributed by atoms with Gasteiger partial charge >= 0.3 is 0 Å². The van der Waals surface area contributed by atoms with E-state index in [-0.39, 0.29) is 16.9 Å². The van der Waals surface area contributed by atoms with Crippen LogP contribution in [0.25, 0.3) is 27.8 Å². The van der Waals surface area contributed by atoms with Crippen molar-refractivity contribution in [1.82, 2.24) is 4.57 Å². The number of nitrogens with two attached hydrogens (primary N) is 1. The van der Waals surface area contributed by atoms with Crippen LogP contribution in [-0.2, 0) is 19.6 Å². The molecule has 5 rings (SSSR count). The zero-order chi connectivity index (χ0) is 24.0. The molecule has 1 saturated carbocycles. The van der Waals surface area contributed by atoms with E-state index in [4.69, 9.17) is 16.7 Å². The number of hydrogen-bond donors (Lipinski definition) is 1. The molecule has 8 heteroatoms. The van der Waals surface area contributed by atoms with Gasteiger partial charge in [0, 0.05) is 16.3 Å². The molecule has 0 spiro atoms. The van der Waals surface area contributed by atoms with E-state index >= 15 is 0 Å². The van der Waals surface area contributed by atoms with Crippen molar-refractivity contribution in [3.05, 3.63) is 48.0 Å². The first-order valence-corrected chi connectivity index (χ1v) is 13.1. The largest absolute Gasteiger partial charge is 0.462 e. The van der Waals surface area contributed by atoms with Crippen LogP contribution in [0.2, 0.25) is 0 Å². The third-order valence-corrected chi connectivity index (χ3v) is 7.57. The molecule has 0 unspecified atom stereocenters. The van der Waals surface area contributed by atoms with Gasteiger partial charge in [0.05, 0.1) is 21.8 Å². The lowest BCUT2D eigenvalue weighted by molar-refractivity contribution is -0.138. The van der Waals surface area contributed by atoms with Crippen molar-refractivity contribution >= 4 is 39.0 Å². The molecule has 2 N–H and O–H groups in total. The summed E-state index contributed by atoms with van der Waals surface area (Å²) in [6.07, 6.45) is 3.62. The molecule has 0 aromatic heterocycles. The summed E-state index contributed by atoms with van der Waals surface area (Å²) < 4.78 is 31.7. The van der Waals surface area contributed by atoms with Crippen LogP contribution in [0.15, 0.2) is 47.4 Å². The molecule has 2 aromatic carbocycles. The first-order valence-electron chi connectivity index (χ1n) is 11.1. The molecule has 0 amide bonds. The van der Waals surface area contributed by atoms with Gasteiger partial charge in [0.2, 0.25) is 10.0 Å². The quantitative estimate of drug-likeness (QED) is 0.304. The number of primary sulfonamides is 1. The standard InChI is InChI=1S/C20H19ClN2O2S.C5H10O2/c21-13-10-8-12(9-11-13)14-5-3-6-16(20(14)26(22,24)25)19-18-15-4-1-2-7-17(15)23(18)19;1-5(2,3)7-4-6/h1-7,12-13H,8-11H2,(H2,22,24,25);4H,1-3H3. The molecular formula is C25H29ClN2O4S. The lowest BCUT2D eigenvalue weighted by Gasteiger charge is -2.27. The molecule has 2 aromatic rings. The van der Waals surface area contributed by atoms with Gasteiger partial charge in [-0.15, -0.1) is 11.6 Å². The van der Waals surface area contributed by atoms with Crippen LogP contribution < -0.4 is 5.14 Å². The lowest BCUT2D eigenvalue weighted by atomic mass is 9.83. The van der Waals surface area contributed by atoms with E-state index in [2.05, 4.69) is 15.4 Å². The summed E-state index contributed by atoms with van der Waals surface area (Å²) >= 11 is 6.23. The molecule has 2 aliphatic heterocycles. The van der Waals surface area contributed by atoms with Gasteiger partial charge in [0.1, 0.15) is 5.60 Å². The molecule has 0 radical (unpaired) electrons. The number of hydrogen-bond acceptors (Lipinski definition) is 4. The number of aromatic nitrogens is 1. The van der Waals surface area contributed by atoms with Gasteiger partial charge in [0.15, 0.2) is 0 Å². The van der Waals surface area contributed by atoms with E-state index < -0.39 is 10.0 Å². The highest BCUT2D eigenvalue weighted by atomic mass is 35.5. The van der Waals surface area contributed by atoms with E-state index in [1.54, 1.807) is 0 Å². The number of fused-ring (bicyclic) bond motifs is 4. The number of sulfonamides is 1. The van der Waals surface area contributed by atoms with E-state index in [0.29, 0.717) is 11.4 Å². The number of benzene rings is 2. The summed E-state index contributed by atoms with van der Waals surface area (Å²) in [6.45, 7) is 5.92. The van der Waals surface area contributed by atoms with Crippen molar-refractivity contribution in [3.63, 3.8) is 0 Å².